The van der Waals surface area contributed by atoms with E-state index in [9.17, 15) is 10.1 Å². The molecule has 5 nitrogen and oxygen atoms in total. The van der Waals surface area contributed by atoms with E-state index in [2.05, 4.69) is 6.92 Å². The van der Waals surface area contributed by atoms with E-state index in [1.54, 1.807) is 6.07 Å². The second kappa shape index (κ2) is 5.25. The standard InChI is InChI=1S/C13H18N2O3/c1-9-2-4-10(5-3-9)18-11-6-7-13(15(16)17)12(14)8-11/h6-10H,2-5,14H2,1H3. The number of hydrogen-bond donors (Lipinski definition) is 1. The molecular weight excluding hydrogens is 232 g/mol. The fraction of sp³-hybridized carbons (Fsp3) is 0.538. The number of hydrogen-bond acceptors (Lipinski definition) is 4. The molecule has 0 atom stereocenters. The van der Waals surface area contributed by atoms with Crippen LogP contribution in [0.25, 0.3) is 0 Å². The summed E-state index contributed by atoms with van der Waals surface area (Å²) in [4.78, 5) is 10.2. The van der Waals surface area contributed by atoms with Gasteiger partial charge in [0.1, 0.15) is 11.4 Å². The van der Waals surface area contributed by atoms with Crippen molar-refractivity contribution in [3.63, 3.8) is 0 Å². The zero-order chi connectivity index (χ0) is 13.1. The lowest BCUT2D eigenvalue weighted by atomic mass is 9.89. The Bertz CT molecular complexity index is 440. The first-order chi connectivity index (χ1) is 8.56. The molecule has 2 N–H and O–H groups in total. The van der Waals surface area contributed by atoms with Crippen LogP contribution in [0.5, 0.6) is 5.75 Å². The molecule has 1 fully saturated rings. The first-order valence-electron chi connectivity index (χ1n) is 6.27. The van der Waals surface area contributed by atoms with Gasteiger partial charge in [-0.05, 0) is 37.7 Å². The molecule has 0 unspecified atom stereocenters. The summed E-state index contributed by atoms with van der Waals surface area (Å²) in [7, 11) is 0. The Hall–Kier alpha value is -1.78. The number of rotatable bonds is 3. The van der Waals surface area contributed by atoms with Crippen molar-refractivity contribution in [2.45, 2.75) is 38.7 Å². The van der Waals surface area contributed by atoms with Crippen LogP contribution in [0.1, 0.15) is 32.6 Å². The summed E-state index contributed by atoms with van der Waals surface area (Å²) >= 11 is 0. The predicted molar refractivity (Wildman–Crippen MR) is 69.6 cm³/mol. The minimum atomic E-state index is -0.485. The molecule has 1 aromatic carbocycles. The maximum absolute atomic E-state index is 10.6. The van der Waals surface area contributed by atoms with Crippen molar-refractivity contribution >= 4 is 11.4 Å². The number of nitrogen functional groups attached to an aromatic ring is 1. The van der Waals surface area contributed by atoms with E-state index in [1.165, 1.54) is 25.0 Å². The highest BCUT2D eigenvalue weighted by molar-refractivity contribution is 5.60. The molecule has 1 aliphatic rings. The average Bonchev–Trinajstić information content (AvgIpc) is 2.32. The van der Waals surface area contributed by atoms with Gasteiger partial charge in [-0.15, -0.1) is 0 Å². The number of nitrogens with two attached hydrogens (primary N) is 1. The molecule has 1 saturated carbocycles. The van der Waals surface area contributed by atoms with E-state index in [4.69, 9.17) is 10.5 Å². The molecule has 0 aromatic heterocycles. The molecule has 0 heterocycles. The van der Waals surface area contributed by atoms with E-state index in [0.29, 0.717) is 5.75 Å². The van der Waals surface area contributed by atoms with Crippen LogP contribution in [0.2, 0.25) is 0 Å². The molecule has 0 bridgehead atoms. The zero-order valence-electron chi connectivity index (χ0n) is 10.5. The summed E-state index contributed by atoms with van der Waals surface area (Å²) in [6.45, 7) is 2.25. The Morgan fingerprint density at radius 2 is 2.00 bits per heavy atom. The first-order valence-corrected chi connectivity index (χ1v) is 6.27. The molecule has 0 amide bonds. The fourth-order valence-corrected chi connectivity index (χ4v) is 2.31. The third-order valence-electron chi connectivity index (χ3n) is 3.46. The van der Waals surface area contributed by atoms with Crippen LogP contribution >= 0.6 is 0 Å². The highest BCUT2D eigenvalue weighted by Gasteiger charge is 2.20. The van der Waals surface area contributed by atoms with Gasteiger partial charge in [-0.3, -0.25) is 10.1 Å². The van der Waals surface area contributed by atoms with Gasteiger partial charge in [0.25, 0.3) is 5.69 Å². The summed E-state index contributed by atoms with van der Waals surface area (Å²) in [6.07, 6.45) is 4.64. The summed E-state index contributed by atoms with van der Waals surface area (Å²) in [6, 6.07) is 4.55. The minimum absolute atomic E-state index is 0.0698. The monoisotopic (exact) mass is 250 g/mol. The van der Waals surface area contributed by atoms with Gasteiger partial charge in [0.2, 0.25) is 0 Å². The lowest BCUT2D eigenvalue weighted by Crippen LogP contribution is -2.23. The number of ether oxygens (including phenoxy) is 1. The quantitative estimate of drug-likeness (QED) is 0.508. The van der Waals surface area contributed by atoms with Gasteiger partial charge in [-0.2, -0.15) is 0 Å². The second-order valence-electron chi connectivity index (χ2n) is 4.98. The summed E-state index contributed by atoms with van der Waals surface area (Å²) in [5.74, 6) is 1.39. The van der Waals surface area contributed by atoms with Crippen molar-refractivity contribution in [2.24, 2.45) is 5.92 Å². The second-order valence-corrected chi connectivity index (χ2v) is 4.98. The Morgan fingerprint density at radius 3 is 2.56 bits per heavy atom. The summed E-state index contributed by atoms with van der Waals surface area (Å²) < 4.78 is 5.82. The van der Waals surface area contributed by atoms with Crippen molar-refractivity contribution in [3.05, 3.63) is 28.3 Å². The number of anilines is 1. The molecule has 0 spiro atoms. The van der Waals surface area contributed by atoms with Crippen molar-refractivity contribution in [1.29, 1.82) is 0 Å². The zero-order valence-corrected chi connectivity index (χ0v) is 10.5. The Morgan fingerprint density at radius 1 is 1.33 bits per heavy atom. The summed E-state index contributed by atoms with van der Waals surface area (Å²) in [5.41, 5.74) is 5.71. The van der Waals surface area contributed by atoms with Gasteiger partial charge in [0.15, 0.2) is 0 Å². The van der Waals surface area contributed by atoms with Crippen LogP contribution in [0.3, 0.4) is 0 Å². The van der Waals surface area contributed by atoms with Crippen LogP contribution in [0.4, 0.5) is 11.4 Å². The molecule has 5 heteroatoms. The Kier molecular flexibility index (Phi) is 3.69. The molecule has 0 radical (unpaired) electrons. The van der Waals surface area contributed by atoms with Crippen molar-refractivity contribution in [2.75, 3.05) is 5.73 Å². The average molecular weight is 250 g/mol. The number of benzene rings is 1. The van der Waals surface area contributed by atoms with Crippen LogP contribution in [-0.4, -0.2) is 11.0 Å². The molecule has 0 aliphatic heterocycles. The van der Waals surface area contributed by atoms with E-state index in [1.807, 2.05) is 0 Å². The van der Waals surface area contributed by atoms with Crippen molar-refractivity contribution < 1.29 is 9.66 Å². The van der Waals surface area contributed by atoms with E-state index >= 15 is 0 Å². The molecular formula is C13H18N2O3. The van der Waals surface area contributed by atoms with E-state index in [0.717, 1.165) is 18.8 Å². The minimum Gasteiger partial charge on any atom is -0.490 e. The number of nitrogens with zero attached hydrogens (tertiary/aromatic N) is 1. The fourth-order valence-electron chi connectivity index (χ4n) is 2.31. The topological polar surface area (TPSA) is 78.4 Å². The first kappa shape index (κ1) is 12.7. The predicted octanol–water partition coefficient (Wildman–Crippen LogP) is 3.13. The normalized spacial score (nSPS) is 23.6. The molecule has 1 aromatic rings. The van der Waals surface area contributed by atoms with Crippen LogP contribution in [0.15, 0.2) is 18.2 Å². The van der Waals surface area contributed by atoms with Gasteiger partial charge < -0.3 is 10.5 Å². The smallest absolute Gasteiger partial charge is 0.292 e. The van der Waals surface area contributed by atoms with Crippen molar-refractivity contribution in [3.8, 4) is 5.75 Å². The van der Waals surface area contributed by atoms with Crippen LogP contribution in [-0.2, 0) is 0 Å². The van der Waals surface area contributed by atoms with Crippen LogP contribution in [0, 0.1) is 16.0 Å². The highest BCUT2D eigenvalue weighted by Crippen LogP contribution is 2.30. The Labute approximate surface area is 106 Å². The van der Waals surface area contributed by atoms with E-state index < -0.39 is 4.92 Å². The van der Waals surface area contributed by atoms with Gasteiger partial charge in [0.05, 0.1) is 11.0 Å². The lowest BCUT2D eigenvalue weighted by molar-refractivity contribution is -0.383. The molecule has 2 rings (SSSR count). The van der Waals surface area contributed by atoms with E-state index in [-0.39, 0.29) is 17.5 Å². The van der Waals surface area contributed by atoms with Gasteiger partial charge in [0, 0.05) is 12.1 Å². The molecule has 98 valence electrons. The third-order valence-corrected chi connectivity index (χ3v) is 3.46. The van der Waals surface area contributed by atoms with Gasteiger partial charge in [-0.25, -0.2) is 0 Å². The van der Waals surface area contributed by atoms with Crippen LogP contribution < -0.4 is 10.5 Å². The largest absolute Gasteiger partial charge is 0.490 e. The maximum atomic E-state index is 10.6. The van der Waals surface area contributed by atoms with Gasteiger partial charge in [-0.1, -0.05) is 6.92 Å². The lowest BCUT2D eigenvalue weighted by Gasteiger charge is -2.26. The molecule has 1 aliphatic carbocycles. The Balaban J connectivity index is 2.02. The molecule has 0 saturated heterocycles. The van der Waals surface area contributed by atoms with Gasteiger partial charge >= 0.3 is 0 Å². The molecule has 18 heavy (non-hydrogen) atoms. The number of nitro groups is 1. The third kappa shape index (κ3) is 2.91. The maximum Gasteiger partial charge on any atom is 0.292 e. The van der Waals surface area contributed by atoms with Crippen molar-refractivity contribution in [1.82, 2.24) is 0 Å². The number of nitro benzene ring substituents is 1. The SMILES string of the molecule is CC1CCC(Oc2ccc([N+](=O)[O-])c(N)c2)CC1. The summed E-state index contributed by atoms with van der Waals surface area (Å²) in [5, 5.41) is 10.6. The highest BCUT2D eigenvalue weighted by atomic mass is 16.6.